The fraction of sp³-hybridized carbons (Fsp3) is 0.417. The van der Waals surface area contributed by atoms with E-state index in [1.54, 1.807) is 12.1 Å². The van der Waals surface area contributed by atoms with E-state index in [4.69, 9.17) is 9.26 Å². The molecule has 5 heteroatoms. The lowest BCUT2D eigenvalue weighted by atomic mass is 10.1. The number of ether oxygens (including phenoxy) is 1. The van der Waals surface area contributed by atoms with Crippen LogP contribution >= 0.6 is 0 Å². The van der Waals surface area contributed by atoms with Crippen LogP contribution in [0.15, 0.2) is 22.7 Å². The van der Waals surface area contributed by atoms with Crippen molar-refractivity contribution in [3.05, 3.63) is 18.2 Å². The standard InChI is InChI=1S/C12H14N2O3/c15-8-3-4-10-11(6-8)17-14-12(10)16-9-2-1-5-13-7-9/h3-4,6,9,13,15H,1-2,5,7H2. The maximum absolute atomic E-state index is 9.32. The van der Waals surface area contributed by atoms with Crippen molar-refractivity contribution < 1.29 is 14.4 Å². The largest absolute Gasteiger partial charge is 0.508 e. The number of phenols is 1. The summed E-state index contributed by atoms with van der Waals surface area (Å²) in [6, 6.07) is 4.90. The number of fused-ring (bicyclic) bond motifs is 1. The minimum atomic E-state index is 0.144. The Hall–Kier alpha value is -1.75. The first kappa shape index (κ1) is 10.4. The molecule has 2 heterocycles. The Kier molecular flexibility index (Phi) is 2.60. The number of nitrogens with one attached hydrogen (secondary N) is 1. The third kappa shape index (κ3) is 2.06. The number of aromatic nitrogens is 1. The molecule has 0 bridgehead atoms. The van der Waals surface area contributed by atoms with Gasteiger partial charge in [-0.2, -0.15) is 0 Å². The number of nitrogens with zero attached hydrogens (tertiary/aromatic N) is 1. The van der Waals surface area contributed by atoms with E-state index in [1.165, 1.54) is 6.07 Å². The van der Waals surface area contributed by atoms with Gasteiger partial charge in [-0.1, -0.05) is 0 Å². The number of phenolic OH excluding ortho intramolecular Hbond substituents is 1. The van der Waals surface area contributed by atoms with Gasteiger partial charge in [0, 0.05) is 12.6 Å². The third-order valence-corrected chi connectivity index (χ3v) is 2.95. The predicted molar refractivity (Wildman–Crippen MR) is 62.2 cm³/mol. The molecule has 0 aliphatic carbocycles. The highest BCUT2D eigenvalue weighted by atomic mass is 16.5. The quantitative estimate of drug-likeness (QED) is 0.827. The van der Waals surface area contributed by atoms with Gasteiger partial charge >= 0.3 is 0 Å². The molecule has 1 aromatic heterocycles. The van der Waals surface area contributed by atoms with Crippen molar-refractivity contribution in [2.45, 2.75) is 18.9 Å². The van der Waals surface area contributed by atoms with E-state index >= 15 is 0 Å². The lowest BCUT2D eigenvalue weighted by Crippen LogP contribution is -2.37. The zero-order valence-electron chi connectivity index (χ0n) is 9.35. The monoisotopic (exact) mass is 234 g/mol. The molecule has 1 aromatic carbocycles. The van der Waals surface area contributed by atoms with Gasteiger partial charge in [-0.15, -0.1) is 0 Å². The maximum Gasteiger partial charge on any atom is 0.262 e. The second-order valence-corrected chi connectivity index (χ2v) is 4.25. The Morgan fingerprint density at radius 3 is 3.24 bits per heavy atom. The molecule has 2 aromatic rings. The molecule has 1 aliphatic heterocycles. The van der Waals surface area contributed by atoms with Crippen LogP contribution in [0.2, 0.25) is 0 Å². The molecule has 90 valence electrons. The van der Waals surface area contributed by atoms with E-state index in [2.05, 4.69) is 10.5 Å². The molecule has 0 radical (unpaired) electrons. The number of piperidine rings is 1. The van der Waals surface area contributed by atoms with Crippen LogP contribution in [-0.2, 0) is 0 Å². The van der Waals surface area contributed by atoms with Crippen LogP contribution < -0.4 is 10.1 Å². The van der Waals surface area contributed by atoms with Crippen molar-refractivity contribution >= 4 is 11.0 Å². The SMILES string of the molecule is Oc1ccc2c(OC3CCCNC3)noc2c1. The van der Waals surface area contributed by atoms with Gasteiger partial charge in [0.2, 0.25) is 0 Å². The Balaban J connectivity index is 1.84. The van der Waals surface area contributed by atoms with Gasteiger partial charge in [-0.25, -0.2) is 0 Å². The van der Waals surface area contributed by atoms with Crippen molar-refractivity contribution in [3.8, 4) is 11.6 Å². The van der Waals surface area contributed by atoms with E-state index in [1.807, 2.05) is 0 Å². The summed E-state index contributed by atoms with van der Waals surface area (Å²) in [4.78, 5) is 0. The van der Waals surface area contributed by atoms with Crippen LogP contribution in [0.5, 0.6) is 11.6 Å². The Labute approximate surface area is 98.4 Å². The van der Waals surface area contributed by atoms with Crippen LogP contribution in [0.1, 0.15) is 12.8 Å². The Morgan fingerprint density at radius 2 is 2.41 bits per heavy atom. The summed E-state index contributed by atoms with van der Waals surface area (Å²) in [5.74, 6) is 0.674. The van der Waals surface area contributed by atoms with Crippen molar-refractivity contribution in [2.24, 2.45) is 0 Å². The molecule has 0 spiro atoms. The van der Waals surface area contributed by atoms with Gasteiger partial charge in [0.25, 0.3) is 5.88 Å². The molecular weight excluding hydrogens is 220 g/mol. The molecule has 1 unspecified atom stereocenters. The van der Waals surface area contributed by atoms with Gasteiger partial charge < -0.3 is 19.7 Å². The van der Waals surface area contributed by atoms with Crippen LogP contribution in [0.3, 0.4) is 0 Å². The number of rotatable bonds is 2. The molecule has 1 saturated heterocycles. The minimum Gasteiger partial charge on any atom is -0.508 e. The fourth-order valence-electron chi connectivity index (χ4n) is 2.07. The van der Waals surface area contributed by atoms with Gasteiger partial charge in [-0.05, 0) is 36.7 Å². The molecule has 0 saturated carbocycles. The molecule has 2 N–H and O–H groups in total. The zero-order valence-corrected chi connectivity index (χ0v) is 9.35. The summed E-state index contributed by atoms with van der Waals surface area (Å²) >= 11 is 0. The van der Waals surface area contributed by atoms with Crippen LogP contribution in [0.25, 0.3) is 11.0 Å². The third-order valence-electron chi connectivity index (χ3n) is 2.95. The van der Waals surface area contributed by atoms with Crippen molar-refractivity contribution in [2.75, 3.05) is 13.1 Å². The summed E-state index contributed by atoms with van der Waals surface area (Å²) in [7, 11) is 0. The van der Waals surface area contributed by atoms with Crippen molar-refractivity contribution in [3.63, 3.8) is 0 Å². The summed E-state index contributed by atoms with van der Waals surface area (Å²) in [5, 5.41) is 17.3. The molecule has 3 rings (SSSR count). The van der Waals surface area contributed by atoms with Crippen molar-refractivity contribution in [1.82, 2.24) is 10.5 Å². The van der Waals surface area contributed by atoms with Gasteiger partial charge in [0.1, 0.15) is 11.9 Å². The fourth-order valence-corrected chi connectivity index (χ4v) is 2.07. The molecule has 17 heavy (non-hydrogen) atoms. The minimum absolute atomic E-state index is 0.144. The average molecular weight is 234 g/mol. The van der Waals surface area contributed by atoms with Crippen LogP contribution in [-0.4, -0.2) is 29.5 Å². The zero-order chi connectivity index (χ0) is 11.7. The van der Waals surface area contributed by atoms with Gasteiger partial charge in [0.05, 0.1) is 5.39 Å². The van der Waals surface area contributed by atoms with Gasteiger partial charge in [0.15, 0.2) is 5.58 Å². The highest BCUT2D eigenvalue weighted by Crippen LogP contribution is 2.28. The summed E-state index contributed by atoms with van der Waals surface area (Å²) in [5.41, 5.74) is 0.545. The van der Waals surface area contributed by atoms with E-state index in [9.17, 15) is 5.11 Å². The topological polar surface area (TPSA) is 67.5 Å². The lowest BCUT2D eigenvalue weighted by molar-refractivity contribution is 0.155. The maximum atomic E-state index is 9.32. The molecule has 1 atom stereocenters. The summed E-state index contributed by atoms with van der Waals surface area (Å²) in [6.45, 7) is 1.89. The normalized spacial score (nSPS) is 20.6. The van der Waals surface area contributed by atoms with E-state index in [-0.39, 0.29) is 11.9 Å². The lowest BCUT2D eigenvalue weighted by Gasteiger charge is -2.22. The van der Waals surface area contributed by atoms with Crippen LogP contribution in [0, 0.1) is 0 Å². The predicted octanol–water partition coefficient (Wildman–Crippen LogP) is 1.66. The summed E-state index contributed by atoms with van der Waals surface area (Å²) in [6.07, 6.45) is 2.28. The molecule has 0 amide bonds. The van der Waals surface area contributed by atoms with E-state index in [0.717, 1.165) is 31.3 Å². The average Bonchev–Trinajstić information content (AvgIpc) is 2.73. The smallest absolute Gasteiger partial charge is 0.262 e. The van der Waals surface area contributed by atoms with E-state index in [0.29, 0.717) is 11.5 Å². The molecule has 1 aliphatic rings. The first-order valence-electron chi connectivity index (χ1n) is 5.79. The van der Waals surface area contributed by atoms with Crippen molar-refractivity contribution in [1.29, 1.82) is 0 Å². The first-order chi connectivity index (χ1) is 8.33. The first-order valence-corrected chi connectivity index (χ1v) is 5.79. The highest BCUT2D eigenvalue weighted by Gasteiger charge is 2.18. The molecule has 5 nitrogen and oxygen atoms in total. The van der Waals surface area contributed by atoms with Crippen LogP contribution in [0.4, 0.5) is 0 Å². The number of hydrogen-bond donors (Lipinski definition) is 2. The second-order valence-electron chi connectivity index (χ2n) is 4.25. The molecular formula is C12H14N2O3. The Bertz CT molecular complexity index is 517. The van der Waals surface area contributed by atoms with Gasteiger partial charge in [-0.3, -0.25) is 0 Å². The Morgan fingerprint density at radius 1 is 1.47 bits per heavy atom. The molecule has 1 fully saturated rings. The van der Waals surface area contributed by atoms with E-state index < -0.39 is 0 Å². The number of benzene rings is 1. The second kappa shape index (κ2) is 4.25. The number of hydrogen-bond acceptors (Lipinski definition) is 5. The number of aromatic hydroxyl groups is 1. The highest BCUT2D eigenvalue weighted by molar-refractivity contribution is 5.83. The summed E-state index contributed by atoms with van der Waals surface area (Å²) < 4.78 is 10.9.